The van der Waals surface area contributed by atoms with Crippen molar-refractivity contribution in [3.05, 3.63) is 83.6 Å². The van der Waals surface area contributed by atoms with Gasteiger partial charge in [0.2, 0.25) is 0 Å². The molecule has 0 unspecified atom stereocenters. The second kappa shape index (κ2) is 9.22. The molecule has 3 aromatic rings. The number of hydrogen-bond donors (Lipinski definition) is 1. The predicted octanol–water partition coefficient (Wildman–Crippen LogP) is 4.44. The molecule has 0 aliphatic carbocycles. The maximum absolute atomic E-state index is 13.4. The van der Waals surface area contributed by atoms with Crippen molar-refractivity contribution < 1.29 is 27.8 Å². The maximum atomic E-state index is 13.4. The molecule has 4 rings (SSSR count). The zero-order chi connectivity index (χ0) is 21.7. The van der Waals surface area contributed by atoms with E-state index in [1.54, 1.807) is 43.5 Å². The van der Waals surface area contributed by atoms with Crippen molar-refractivity contribution in [1.29, 1.82) is 0 Å². The van der Waals surface area contributed by atoms with Crippen molar-refractivity contribution in [2.45, 2.75) is 25.0 Å². The van der Waals surface area contributed by atoms with Crippen LogP contribution in [0.5, 0.6) is 11.5 Å². The quantitative estimate of drug-likeness (QED) is 0.606. The van der Waals surface area contributed by atoms with Crippen molar-refractivity contribution >= 4 is 5.91 Å². The first-order chi connectivity index (χ1) is 15.1. The fourth-order valence-corrected chi connectivity index (χ4v) is 3.72. The summed E-state index contributed by atoms with van der Waals surface area (Å²) < 4.78 is 35.6. The summed E-state index contributed by atoms with van der Waals surface area (Å²) in [5, 5.41) is 3.09. The Bertz CT molecular complexity index is 1020. The van der Waals surface area contributed by atoms with Crippen LogP contribution in [0.3, 0.4) is 0 Å². The Kier molecular flexibility index (Phi) is 6.23. The number of nitrogens with one attached hydrogen (secondary N) is 1. The van der Waals surface area contributed by atoms with E-state index in [1.165, 1.54) is 12.1 Å². The van der Waals surface area contributed by atoms with E-state index in [0.717, 1.165) is 5.56 Å². The fourth-order valence-electron chi connectivity index (χ4n) is 3.72. The number of hydrogen-bond acceptors (Lipinski definition) is 5. The lowest BCUT2D eigenvalue weighted by molar-refractivity contribution is 0.0336. The standard InChI is InChI=1S/C24H24FNO5/c1-28-20-4-2-3-5-21(20)30-16-19-10-11-22(31-19)23(27)26-24(12-14-29-15-13-24)17-6-8-18(25)9-7-17/h2-11H,12-16H2,1H3,(H,26,27). The highest BCUT2D eigenvalue weighted by Gasteiger charge is 2.36. The van der Waals surface area contributed by atoms with Crippen molar-refractivity contribution in [3.63, 3.8) is 0 Å². The number of ether oxygens (including phenoxy) is 3. The van der Waals surface area contributed by atoms with Crippen molar-refractivity contribution in [3.8, 4) is 11.5 Å². The van der Waals surface area contributed by atoms with Gasteiger partial charge in [0, 0.05) is 13.2 Å². The number of halogens is 1. The van der Waals surface area contributed by atoms with Gasteiger partial charge in [-0.3, -0.25) is 4.79 Å². The Morgan fingerprint density at radius 3 is 2.45 bits per heavy atom. The topological polar surface area (TPSA) is 69.9 Å². The van der Waals surface area contributed by atoms with Crippen LogP contribution >= 0.6 is 0 Å². The van der Waals surface area contributed by atoms with E-state index >= 15 is 0 Å². The SMILES string of the molecule is COc1ccccc1OCc1ccc(C(=O)NC2(c3ccc(F)cc3)CCOCC2)o1. The number of benzene rings is 2. The zero-order valence-corrected chi connectivity index (χ0v) is 17.2. The highest BCUT2D eigenvalue weighted by atomic mass is 19.1. The number of methoxy groups -OCH3 is 1. The molecule has 1 N–H and O–H groups in total. The second-order valence-electron chi connectivity index (χ2n) is 7.36. The number of para-hydroxylation sites is 2. The van der Waals surface area contributed by atoms with Crippen LogP contribution in [-0.2, 0) is 16.9 Å². The Hall–Kier alpha value is -3.32. The summed E-state index contributed by atoms with van der Waals surface area (Å²) in [5.74, 6) is 1.25. The molecule has 1 aliphatic rings. The molecule has 0 bridgehead atoms. The van der Waals surface area contributed by atoms with Gasteiger partial charge in [-0.1, -0.05) is 24.3 Å². The molecule has 0 spiro atoms. The van der Waals surface area contributed by atoms with E-state index < -0.39 is 5.54 Å². The first-order valence-electron chi connectivity index (χ1n) is 10.1. The Labute approximate surface area is 179 Å². The Balaban J connectivity index is 1.46. The average Bonchev–Trinajstić information content (AvgIpc) is 3.28. The largest absolute Gasteiger partial charge is 0.493 e. The van der Waals surface area contributed by atoms with E-state index in [0.29, 0.717) is 43.3 Å². The van der Waals surface area contributed by atoms with Gasteiger partial charge in [-0.15, -0.1) is 0 Å². The highest BCUT2D eigenvalue weighted by molar-refractivity contribution is 5.92. The number of amides is 1. The molecule has 1 saturated heterocycles. The summed E-state index contributed by atoms with van der Waals surface area (Å²) in [7, 11) is 1.57. The number of carbonyl (C=O) groups is 1. The Morgan fingerprint density at radius 1 is 1.03 bits per heavy atom. The van der Waals surface area contributed by atoms with Crippen molar-refractivity contribution in [2.75, 3.05) is 20.3 Å². The molecule has 1 amide bonds. The van der Waals surface area contributed by atoms with E-state index in [1.807, 2.05) is 12.1 Å². The molecule has 0 saturated carbocycles. The van der Waals surface area contributed by atoms with Gasteiger partial charge in [0.15, 0.2) is 17.3 Å². The molecule has 7 heteroatoms. The molecule has 6 nitrogen and oxygen atoms in total. The van der Waals surface area contributed by atoms with Gasteiger partial charge in [0.1, 0.15) is 18.2 Å². The second-order valence-corrected chi connectivity index (χ2v) is 7.36. The summed E-state index contributed by atoms with van der Waals surface area (Å²) in [6.07, 6.45) is 1.18. The Morgan fingerprint density at radius 2 is 1.74 bits per heavy atom. The number of carbonyl (C=O) groups excluding carboxylic acids is 1. The lowest BCUT2D eigenvalue weighted by Gasteiger charge is -2.38. The van der Waals surface area contributed by atoms with Gasteiger partial charge >= 0.3 is 0 Å². The smallest absolute Gasteiger partial charge is 0.287 e. The summed E-state index contributed by atoms with van der Waals surface area (Å²) in [6.45, 7) is 1.17. The van der Waals surface area contributed by atoms with Crippen LogP contribution in [0.25, 0.3) is 0 Å². The van der Waals surface area contributed by atoms with Crippen LogP contribution in [0.2, 0.25) is 0 Å². The molecule has 0 radical (unpaired) electrons. The highest BCUT2D eigenvalue weighted by Crippen LogP contribution is 2.33. The third kappa shape index (κ3) is 4.72. The predicted molar refractivity (Wildman–Crippen MR) is 112 cm³/mol. The molecular formula is C24H24FNO5. The molecule has 2 heterocycles. The van der Waals surface area contributed by atoms with Crippen LogP contribution in [-0.4, -0.2) is 26.2 Å². The lowest BCUT2D eigenvalue weighted by atomic mass is 9.82. The summed E-state index contributed by atoms with van der Waals surface area (Å²) in [6, 6.07) is 16.8. The summed E-state index contributed by atoms with van der Waals surface area (Å²) in [5.41, 5.74) is 0.209. The van der Waals surface area contributed by atoms with Crippen LogP contribution in [0.15, 0.2) is 65.1 Å². The van der Waals surface area contributed by atoms with Crippen LogP contribution < -0.4 is 14.8 Å². The first kappa shape index (κ1) is 20.9. The van der Waals surface area contributed by atoms with Crippen LogP contribution in [0, 0.1) is 5.82 Å². The van der Waals surface area contributed by atoms with Gasteiger partial charge in [0.05, 0.1) is 12.6 Å². The zero-order valence-electron chi connectivity index (χ0n) is 17.2. The minimum Gasteiger partial charge on any atom is -0.493 e. The van der Waals surface area contributed by atoms with Gasteiger partial charge in [0.25, 0.3) is 5.91 Å². The molecule has 31 heavy (non-hydrogen) atoms. The molecule has 0 atom stereocenters. The van der Waals surface area contributed by atoms with E-state index in [2.05, 4.69) is 5.32 Å². The number of rotatable bonds is 7. The molecule has 1 aromatic heterocycles. The van der Waals surface area contributed by atoms with Crippen molar-refractivity contribution in [1.82, 2.24) is 5.32 Å². The summed E-state index contributed by atoms with van der Waals surface area (Å²) >= 11 is 0. The minimum absolute atomic E-state index is 0.157. The molecule has 1 aliphatic heterocycles. The maximum Gasteiger partial charge on any atom is 0.287 e. The molecule has 162 valence electrons. The third-order valence-electron chi connectivity index (χ3n) is 5.42. The molecule has 1 fully saturated rings. The van der Waals surface area contributed by atoms with Gasteiger partial charge in [-0.25, -0.2) is 4.39 Å². The van der Waals surface area contributed by atoms with Crippen LogP contribution in [0.4, 0.5) is 4.39 Å². The van der Waals surface area contributed by atoms with Gasteiger partial charge in [-0.05, 0) is 54.8 Å². The fraction of sp³-hybridized carbons (Fsp3) is 0.292. The van der Waals surface area contributed by atoms with Crippen LogP contribution in [0.1, 0.15) is 34.7 Å². The minimum atomic E-state index is -0.635. The van der Waals surface area contributed by atoms with E-state index in [-0.39, 0.29) is 24.1 Å². The average molecular weight is 425 g/mol. The van der Waals surface area contributed by atoms with Gasteiger partial charge < -0.3 is 23.9 Å². The number of furan rings is 1. The molecular weight excluding hydrogens is 401 g/mol. The lowest BCUT2D eigenvalue weighted by Crippen LogP contribution is -2.49. The summed E-state index contributed by atoms with van der Waals surface area (Å²) in [4.78, 5) is 13.0. The molecule has 2 aromatic carbocycles. The first-order valence-corrected chi connectivity index (χ1v) is 10.1. The van der Waals surface area contributed by atoms with E-state index in [4.69, 9.17) is 18.6 Å². The monoisotopic (exact) mass is 425 g/mol. The normalized spacial score (nSPS) is 15.3. The third-order valence-corrected chi connectivity index (χ3v) is 5.42. The van der Waals surface area contributed by atoms with Gasteiger partial charge in [-0.2, -0.15) is 0 Å². The van der Waals surface area contributed by atoms with Crippen molar-refractivity contribution in [2.24, 2.45) is 0 Å². The van der Waals surface area contributed by atoms with E-state index in [9.17, 15) is 9.18 Å².